The summed E-state index contributed by atoms with van der Waals surface area (Å²) in [5.41, 5.74) is 0.122. The first-order chi connectivity index (χ1) is 11.5. The van der Waals surface area contributed by atoms with Gasteiger partial charge in [0.15, 0.2) is 0 Å². The van der Waals surface area contributed by atoms with Crippen molar-refractivity contribution in [1.29, 1.82) is 0 Å². The van der Waals surface area contributed by atoms with Crippen LogP contribution < -0.4 is 0 Å². The highest BCUT2D eigenvalue weighted by Crippen LogP contribution is 2.44. The molecule has 0 aliphatic carbocycles. The van der Waals surface area contributed by atoms with E-state index in [0.29, 0.717) is 5.57 Å². The third kappa shape index (κ3) is 2.96. The van der Waals surface area contributed by atoms with Crippen LogP contribution in [0.2, 0.25) is 0 Å². The van der Waals surface area contributed by atoms with Crippen LogP contribution >= 0.6 is 0 Å². The van der Waals surface area contributed by atoms with Crippen molar-refractivity contribution in [2.24, 2.45) is 5.92 Å². The molecule has 0 saturated carbocycles. The molecule has 0 spiro atoms. The number of carbonyl (C=O) groups excluding carboxylic acids is 2. The van der Waals surface area contributed by atoms with Crippen LogP contribution in [0.3, 0.4) is 0 Å². The van der Waals surface area contributed by atoms with Crippen LogP contribution in [0.5, 0.6) is 0 Å². The molecule has 0 aromatic carbocycles. The van der Waals surface area contributed by atoms with Gasteiger partial charge in [-0.25, -0.2) is 9.59 Å². The van der Waals surface area contributed by atoms with Gasteiger partial charge in [-0.3, -0.25) is 0 Å². The summed E-state index contributed by atoms with van der Waals surface area (Å²) >= 11 is 0. The molecule has 0 amide bonds. The zero-order valence-electron chi connectivity index (χ0n) is 14.6. The predicted octanol–water partition coefficient (Wildman–Crippen LogP) is 1.96. The molecule has 5 atom stereocenters. The molecule has 0 aromatic heterocycles. The number of ether oxygens (including phenoxy) is 3. The molecule has 3 aliphatic heterocycles. The minimum Gasteiger partial charge on any atom is -0.458 e. The first-order valence-electron chi connectivity index (χ1n) is 8.13. The van der Waals surface area contributed by atoms with E-state index < -0.39 is 41.5 Å². The molecule has 3 aliphatic rings. The van der Waals surface area contributed by atoms with Crippen molar-refractivity contribution in [3.05, 3.63) is 48.1 Å². The lowest BCUT2D eigenvalue weighted by atomic mass is 9.83. The van der Waals surface area contributed by atoms with E-state index in [1.165, 1.54) is 0 Å². The van der Waals surface area contributed by atoms with Crippen LogP contribution in [0.4, 0.5) is 0 Å². The standard InChI is InChI=1S/C19H22O6/c1-10(2)16(20)24-14-9-18(5)6-7-19(22,25-18)11(3)8-13-15(14)12(4)17(21)23-13/h6-8,13-15,22H,1,4,9H2,2-3,5H3/b11-8-/t13-,14-,15+,18-,19+/m1/s1. The highest BCUT2D eigenvalue weighted by molar-refractivity contribution is 5.91. The number of fused-ring (bicyclic) bond motifs is 3. The smallest absolute Gasteiger partial charge is 0.334 e. The fraction of sp³-hybridized carbons (Fsp3) is 0.474. The molecule has 0 unspecified atom stereocenters. The zero-order chi connectivity index (χ0) is 18.6. The van der Waals surface area contributed by atoms with Crippen molar-refractivity contribution in [2.45, 2.75) is 50.8 Å². The van der Waals surface area contributed by atoms with E-state index in [9.17, 15) is 14.7 Å². The lowest BCUT2D eigenvalue weighted by molar-refractivity contribution is -0.188. The largest absolute Gasteiger partial charge is 0.458 e. The van der Waals surface area contributed by atoms with Crippen LogP contribution in [-0.4, -0.2) is 40.6 Å². The van der Waals surface area contributed by atoms with Crippen molar-refractivity contribution in [3.63, 3.8) is 0 Å². The van der Waals surface area contributed by atoms with Gasteiger partial charge in [-0.15, -0.1) is 0 Å². The van der Waals surface area contributed by atoms with Crippen molar-refractivity contribution < 1.29 is 28.9 Å². The van der Waals surface area contributed by atoms with E-state index in [1.54, 1.807) is 39.0 Å². The van der Waals surface area contributed by atoms with E-state index in [-0.39, 0.29) is 17.6 Å². The second kappa shape index (κ2) is 5.68. The average Bonchev–Trinajstić information content (AvgIpc) is 2.97. The molecule has 1 fully saturated rings. The summed E-state index contributed by atoms with van der Waals surface area (Å²) in [4.78, 5) is 24.2. The van der Waals surface area contributed by atoms with E-state index in [0.717, 1.165) is 0 Å². The number of rotatable bonds is 2. The molecule has 1 saturated heterocycles. The first-order valence-corrected chi connectivity index (χ1v) is 8.13. The van der Waals surface area contributed by atoms with Gasteiger partial charge in [-0.05, 0) is 38.5 Å². The summed E-state index contributed by atoms with van der Waals surface area (Å²) in [6, 6.07) is 0. The Bertz CT molecular complexity index is 732. The second-order valence-electron chi connectivity index (χ2n) is 7.14. The van der Waals surface area contributed by atoms with Gasteiger partial charge in [-0.1, -0.05) is 19.2 Å². The highest BCUT2D eigenvalue weighted by atomic mass is 16.6. The van der Waals surface area contributed by atoms with E-state index in [4.69, 9.17) is 14.2 Å². The normalized spacial score (nSPS) is 41.8. The molecule has 25 heavy (non-hydrogen) atoms. The average molecular weight is 346 g/mol. The molecule has 6 heteroatoms. The van der Waals surface area contributed by atoms with Gasteiger partial charge in [0.25, 0.3) is 0 Å². The Balaban J connectivity index is 2.06. The molecule has 0 radical (unpaired) electrons. The topological polar surface area (TPSA) is 82.1 Å². The third-order valence-corrected chi connectivity index (χ3v) is 4.91. The minimum atomic E-state index is -1.58. The fourth-order valence-electron chi connectivity index (χ4n) is 3.46. The molecular formula is C19H22O6. The number of carbonyl (C=O) groups is 2. The summed E-state index contributed by atoms with van der Waals surface area (Å²) in [5, 5.41) is 10.7. The monoisotopic (exact) mass is 346 g/mol. The van der Waals surface area contributed by atoms with E-state index >= 15 is 0 Å². The molecule has 3 heterocycles. The van der Waals surface area contributed by atoms with Crippen LogP contribution in [0.1, 0.15) is 27.2 Å². The fourth-order valence-corrected chi connectivity index (χ4v) is 3.46. The van der Waals surface area contributed by atoms with E-state index in [2.05, 4.69) is 13.2 Å². The minimum absolute atomic E-state index is 0.239. The second-order valence-corrected chi connectivity index (χ2v) is 7.14. The van der Waals surface area contributed by atoms with Crippen molar-refractivity contribution >= 4 is 11.9 Å². The van der Waals surface area contributed by atoms with Gasteiger partial charge >= 0.3 is 11.9 Å². The van der Waals surface area contributed by atoms with Crippen LogP contribution in [0.15, 0.2) is 48.1 Å². The molecule has 6 nitrogen and oxygen atoms in total. The van der Waals surface area contributed by atoms with E-state index in [1.807, 2.05) is 0 Å². The van der Waals surface area contributed by atoms with Crippen molar-refractivity contribution in [3.8, 4) is 0 Å². The van der Waals surface area contributed by atoms with Crippen LogP contribution in [-0.2, 0) is 23.8 Å². The van der Waals surface area contributed by atoms with Gasteiger partial charge in [0.1, 0.15) is 12.2 Å². The summed E-state index contributed by atoms with van der Waals surface area (Å²) in [7, 11) is 0. The molecule has 1 N–H and O–H groups in total. The van der Waals surface area contributed by atoms with Gasteiger partial charge in [0, 0.05) is 17.6 Å². The van der Waals surface area contributed by atoms with Crippen LogP contribution in [0.25, 0.3) is 0 Å². The molecular weight excluding hydrogens is 324 g/mol. The summed E-state index contributed by atoms with van der Waals surface area (Å²) in [6.45, 7) is 12.4. The highest BCUT2D eigenvalue weighted by Gasteiger charge is 2.52. The number of aliphatic hydroxyl groups is 1. The Morgan fingerprint density at radius 1 is 1.44 bits per heavy atom. The Kier molecular flexibility index (Phi) is 4.00. The van der Waals surface area contributed by atoms with Gasteiger partial charge in [-0.2, -0.15) is 0 Å². The summed E-state index contributed by atoms with van der Waals surface area (Å²) in [6.07, 6.45) is 3.76. The Labute approximate surface area is 146 Å². The predicted molar refractivity (Wildman–Crippen MR) is 89.2 cm³/mol. The molecule has 134 valence electrons. The maximum atomic E-state index is 12.1. The quantitative estimate of drug-likeness (QED) is 0.468. The third-order valence-electron chi connectivity index (χ3n) is 4.91. The van der Waals surface area contributed by atoms with Crippen molar-refractivity contribution in [1.82, 2.24) is 0 Å². The van der Waals surface area contributed by atoms with Crippen molar-refractivity contribution in [2.75, 3.05) is 0 Å². The van der Waals surface area contributed by atoms with Gasteiger partial charge < -0.3 is 19.3 Å². The Morgan fingerprint density at radius 3 is 2.76 bits per heavy atom. The Hall–Kier alpha value is -2.18. The van der Waals surface area contributed by atoms with Gasteiger partial charge in [0.05, 0.1) is 11.5 Å². The lowest BCUT2D eigenvalue weighted by Crippen LogP contribution is -2.40. The molecule has 3 rings (SSSR count). The SMILES string of the molecule is C=C(C)C(=O)O[C@@H]1C[C@@]2(C)C=C[C@](O)(O2)/C(C)=C\[C@H]2OC(=O)C(=C)[C@@H]21. The zero-order valence-corrected chi connectivity index (χ0v) is 14.6. The molecule has 0 aromatic rings. The first kappa shape index (κ1) is 17.6. The summed E-state index contributed by atoms with van der Waals surface area (Å²) < 4.78 is 16.8. The maximum Gasteiger partial charge on any atom is 0.334 e. The number of hydrogen-bond acceptors (Lipinski definition) is 6. The lowest BCUT2D eigenvalue weighted by Gasteiger charge is -2.33. The van der Waals surface area contributed by atoms with Gasteiger partial charge in [0.2, 0.25) is 5.79 Å². The molecule has 2 bridgehead atoms. The number of esters is 2. The van der Waals surface area contributed by atoms with Crippen LogP contribution in [0, 0.1) is 5.92 Å². The summed E-state index contributed by atoms with van der Waals surface area (Å²) in [5.74, 6) is -3.23. The maximum absolute atomic E-state index is 12.1. The number of hydrogen-bond donors (Lipinski definition) is 1. The Morgan fingerprint density at radius 2 is 2.12 bits per heavy atom.